The van der Waals surface area contributed by atoms with Crippen molar-refractivity contribution in [2.24, 2.45) is 0 Å². The molecule has 1 heterocycles. The third-order valence-corrected chi connectivity index (χ3v) is 0.705. The zero-order valence-electron chi connectivity index (χ0n) is 4.05. The van der Waals surface area contributed by atoms with Crippen molar-refractivity contribution in [3.63, 3.8) is 0 Å². The third kappa shape index (κ3) is 1.29. The van der Waals surface area contributed by atoms with E-state index < -0.39 is 0 Å². The van der Waals surface area contributed by atoms with E-state index in [-0.39, 0.29) is 7.43 Å². The number of aromatic nitrogens is 4. The Morgan fingerprint density at radius 1 is 1.62 bits per heavy atom. The number of H-pyrrole nitrogens is 1. The van der Waals surface area contributed by atoms with Crippen LogP contribution in [0.25, 0.3) is 0 Å². The highest BCUT2D eigenvalue weighted by Gasteiger charge is 1.87. The number of rotatable bonds is 1. The van der Waals surface area contributed by atoms with E-state index in [0.29, 0.717) is 0 Å². The molecule has 4 nitrogen and oxygen atoms in total. The fourth-order valence-electron chi connectivity index (χ4n) is 0.332. The minimum absolute atomic E-state index is 0. The Hall–Kier alpha value is -0.930. The minimum atomic E-state index is 0. The second-order valence-corrected chi connectivity index (χ2v) is 1.18. The van der Waals surface area contributed by atoms with Gasteiger partial charge in [-0.05, 0) is 0 Å². The number of aryl methyl sites for hydroxylation is 1. The Morgan fingerprint density at radius 2 is 2.38 bits per heavy atom. The lowest BCUT2D eigenvalue weighted by Crippen LogP contribution is -1.80. The molecule has 0 amide bonds. The van der Waals surface area contributed by atoms with E-state index in [9.17, 15) is 0 Å². The van der Waals surface area contributed by atoms with Gasteiger partial charge in [0, 0.05) is 6.42 Å². The molecule has 0 spiro atoms. The lowest BCUT2D eigenvalue weighted by molar-refractivity contribution is 0.881. The topological polar surface area (TPSA) is 54.5 Å². The normalized spacial score (nSPS) is 8.12. The van der Waals surface area contributed by atoms with Gasteiger partial charge in [0.1, 0.15) is 0 Å². The van der Waals surface area contributed by atoms with Gasteiger partial charge in [-0.25, -0.2) is 0 Å². The maximum atomic E-state index is 3.69. The van der Waals surface area contributed by atoms with Crippen LogP contribution in [0, 0.1) is 0 Å². The van der Waals surface area contributed by atoms with Gasteiger partial charge in [0.15, 0.2) is 5.82 Å². The quantitative estimate of drug-likeness (QED) is 0.575. The van der Waals surface area contributed by atoms with E-state index >= 15 is 0 Å². The second kappa shape index (κ2) is 3.12. The minimum Gasteiger partial charge on any atom is -0.177 e. The summed E-state index contributed by atoms with van der Waals surface area (Å²) in [5.74, 6) is 0.764. The average Bonchev–Trinajstić information content (AvgIpc) is 2.14. The summed E-state index contributed by atoms with van der Waals surface area (Å²) in [6.07, 6.45) is 0.844. The number of hydrogen-bond donors (Lipinski definition) is 1. The van der Waals surface area contributed by atoms with Crippen molar-refractivity contribution >= 4 is 0 Å². The molecule has 46 valence electrons. The molecule has 1 rings (SSSR count). The molecule has 8 heavy (non-hydrogen) atoms. The number of hydrogen-bond acceptors (Lipinski definition) is 3. The first-order valence-corrected chi connectivity index (χ1v) is 2.16. The molecule has 1 N–H and O–H groups in total. The third-order valence-electron chi connectivity index (χ3n) is 0.705. The van der Waals surface area contributed by atoms with Crippen molar-refractivity contribution < 1.29 is 0 Å². The summed E-state index contributed by atoms with van der Waals surface area (Å²) in [4.78, 5) is 0. The van der Waals surface area contributed by atoms with E-state index in [1.165, 1.54) is 0 Å². The van der Waals surface area contributed by atoms with E-state index in [0.717, 1.165) is 12.2 Å². The molecule has 0 unspecified atom stereocenters. The monoisotopic (exact) mass is 114 g/mol. The van der Waals surface area contributed by atoms with Crippen LogP contribution in [0.3, 0.4) is 0 Å². The summed E-state index contributed by atoms with van der Waals surface area (Å²) in [5.41, 5.74) is 0. The van der Waals surface area contributed by atoms with Crippen molar-refractivity contribution in [3.05, 3.63) is 5.82 Å². The van der Waals surface area contributed by atoms with Crippen molar-refractivity contribution in [1.82, 2.24) is 20.6 Å². The smallest absolute Gasteiger partial charge is 0.174 e. The van der Waals surface area contributed by atoms with Crippen LogP contribution in [-0.4, -0.2) is 20.6 Å². The summed E-state index contributed by atoms with van der Waals surface area (Å²) in [7, 11) is 0. The summed E-state index contributed by atoms with van der Waals surface area (Å²) in [6, 6.07) is 0. The molecule has 0 fully saturated rings. The molecule has 0 aliphatic heterocycles. The van der Waals surface area contributed by atoms with Crippen LogP contribution in [0.4, 0.5) is 0 Å². The number of tetrazole rings is 1. The Morgan fingerprint density at radius 3 is 2.62 bits per heavy atom. The predicted molar refractivity (Wildman–Crippen MR) is 30.3 cm³/mol. The molecule has 0 saturated heterocycles. The molecule has 1 aromatic heterocycles. The largest absolute Gasteiger partial charge is 0.177 e. The van der Waals surface area contributed by atoms with Gasteiger partial charge in [0.2, 0.25) is 0 Å². The van der Waals surface area contributed by atoms with E-state index in [4.69, 9.17) is 0 Å². The number of aromatic amines is 1. The highest BCUT2D eigenvalue weighted by molar-refractivity contribution is 4.71. The molecule has 0 atom stereocenters. The Bertz CT molecular complexity index is 123. The van der Waals surface area contributed by atoms with Gasteiger partial charge < -0.3 is 0 Å². The van der Waals surface area contributed by atoms with Gasteiger partial charge in [-0.15, -0.1) is 10.2 Å². The van der Waals surface area contributed by atoms with E-state index in [2.05, 4.69) is 20.6 Å². The second-order valence-electron chi connectivity index (χ2n) is 1.18. The van der Waals surface area contributed by atoms with Crippen molar-refractivity contribution in [1.29, 1.82) is 0 Å². The maximum Gasteiger partial charge on any atom is 0.174 e. The highest BCUT2D eigenvalue weighted by atomic mass is 15.5. The number of nitrogens with zero attached hydrogens (tertiary/aromatic N) is 3. The van der Waals surface area contributed by atoms with Crippen molar-refractivity contribution in [2.45, 2.75) is 20.8 Å². The molecule has 0 aliphatic rings. The zero-order valence-corrected chi connectivity index (χ0v) is 4.05. The van der Waals surface area contributed by atoms with Crippen LogP contribution < -0.4 is 0 Å². The van der Waals surface area contributed by atoms with Gasteiger partial charge in [-0.1, -0.05) is 19.6 Å². The lowest BCUT2D eigenvalue weighted by atomic mass is 10.5. The summed E-state index contributed by atoms with van der Waals surface area (Å²) in [6.45, 7) is 1.98. The summed E-state index contributed by atoms with van der Waals surface area (Å²) in [5, 5.41) is 13.1. The van der Waals surface area contributed by atoms with Gasteiger partial charge in [0.25, 0.3) is 0 Å². The SMILES string of the molecule is C.CCc1nn[nH]n1. The first-order chi connectivity index (χ1) is 3.43. The fraction of sp³-hybridized carbons (Fsp3) is 0.750. The van der Waals surface area contributed by atoms with Gasteiger partial charge in [-0.2, -0.15) is 5.21 Å². The first kappa shape index (κ1) is 7.07. The Labute approximate surface area is 48.3 Å². The van der Waals surface area contributed by atoms with E-state index in [1.54, 1.807) is 0 Å². The molecule has 4 heteroatoms. The Kier molecular flexibility index (Phi) is 2.76. The molecule has 1 aromatic rings. The molecule has 0 bridgehead atoms. The fourth-order valence-corrected chi connectivity index (χ4v) is 0.332. The van der Waals surface area contributed by atoms with Gasteiger partial charge >= 0.3 is 0 Å². The maximum absolute atomic E-state index is 3.69. The highest BCUT2D eigenvalue weighted by Crippen LogP contribution is 1.79. The standard InChI is InChI=1S/C3H6N4.CH4/c1-2-3-4-6-7-5-3;/h2H2,1H3,(H,4,5,6,7);1H4. The molecule has 0 aromatic carbocycles. The van der Waals surface area contributed by atoms with Crippen LogP contribution in [-0.2, 0) is 6.42 Å². The zero-order chi connectivity index (χ0) is 5.11. The van der Waals surface area contributed by atoms with Crippen LogP contribution in [0.5, 0.6) is 0 Å². The molecule has 0 saturated carbocycles. The summed E-state index contributed by atoms with van der Waals surface area (Å²) < 4.78 is 0. The number of nitrogens with one attached hydrogen (secondary N) is 1. The molecular weight excluding hydrogens is 104 g/mol. The first-order valence-electron chi connectivity index (χ1n) is 2.16. The van der Waals surface area contributed by atoms with E-state index in [1.807, 2.05) is 6.92 Å². The van der Waals surface area contributed by atoms with Crippen molar-refractivity contribution in [3.8, 4) is 0 Å². The van der Waals surface area contributed by atoms with Gasteiger partial charge in [-0.3, -0.25) is 0 Å². The van der Waals surface area contributed by atoms with Crippen LogP contribution in [0.15, 0.2) is 0 Å². The average molecular weight is 114 g/mol. The predicted octanol–water partition coefficient (Wildman–Crippen LogP) is 0.398. The molecule has 0 radical (unpaired) electrons. The summed E-state index contributed by atoms with van der Waals surface area (Å²) >= 11 is 0. The molecule has 0 aliphatic carbocycles. The molecular formula is C4H10N4. The van der Waals surface area contributed by atoms with Gasteiger partial charge in [0.05, 0.1) is 0 Å². The van der Waals surface area contributed by atoms with Crippen LogP contribution in [0.2, 0.25) is 0 Å². The van der Waals surface area contributed by atoms with Crippen molar-refractivity contribution in [2.75, 3.05) is 0 Å². The Balaban J connectivity index is 0.000000490. The lowest BCUT2D eigenvalue weighted by Gasteiger charge is -1.72. The van der Waals surface area contributed by atoms with Crippen LogP contribution in [0.1, 0.15) is 20.2 Å². The van der Waals surface area contributed by atoms with Crippen LogP contribution >= 0.6 is 0 Å².